The molecule has 0 fully saturated rings. The number of benzene rings is 1. The van der Waals surface area contributed by atoms with Crippen molar-refractivity contribution in [3.8, 4) is 0 Å². The van der Waals surface area contributed by atoms with E-state index in [1.54, 1.807) is 11.3 Å². The molecule has 0 atom stereocenters. The van der Waals surface area contributed by atoms with Crippen molar-refractivity contribution in [2.24, 2.45) is 0 Å². The summed E-state index contributed by atoms with van der Waals surface area (Å²) in [7, 11) is 0. The highest BCUT2D eigenvalue weighted by Gasteiger charge is 2.10. The van der Waals surface area contributed by atoms with Crippen molar-refractivity contribution < 1.29 is 0 Å². The van der Waals surface area contributed by atoms with E-state index < -0.39 is 0 Å². The first-order chi connectivity index (χ1) is 10.3. The summed E-state index contributed by atoms with van der Waals surface area (Å²) in [5.41, 5.74) is 3.38. The number of nitrogens with zero attached hydrogens (tertiary/aromatic N) is 3. The molecule has 21 heavy (non-hydrogen) atoms. The van der Waals surface area contributed by atoms with Crippen molar-refractivity contribution in [3.05, 3.63) is 46.0 Å². The van der Waals surface area contributed by atoms with Crippen LogP contribution in [0, 0.1) is 6.92 Å². The summed E-state index contributed by atoms with van der Waals surface area (Å²) >= 11 is 1.69. The number of aromatic nitrogens is 3. The Labute approximate surface area is 128 Å². The fourth-order valence-electron chi connectivity index (χ4n) is 2.47. The van der Waals surface area contributed by atoms with Gasteiger partial charge in [-0.1, -0.05) is 25.1 Å². The maximum Gasteiger partial charge on any atom is 0.0898 e. The Morgan fingerprint density at radius 3 is 2.90 bits per heavy atom. The predicted molar refractivity (Wildman–Crippen MR) is 87.7 cm³/mol. The molecule has 0 radical (unpaired) electrons. The van der Waals surface area contributed by atoms with Crippen LogP contribution in [0.4, 0.5) is 0 Å². The maximum atomic E-state index is 4.78. The van der Waals surface area contributed by atoms with E-state index in [0.717, 1.165) is 42.5 Å². The van der Waals surface area contributed by atoms with Gasteiger partial charge in [0.15, 0.2) is 0 Å². The van der Waals surface area contributed by atoms with Gasteiger partial charge in [-0.15, -0.1) is 11.3 Å². The summed E-state index contributed by atoms with van der Waals surface area (Å²) in [6.07, 6.45) is 1.14. The zero-order chi connectivity index (χ0) is 14.7. The molecule has 0 spiro atoms. The molecule has 4 nitrogen and oxygen atoms in total. The van der Waals surface area contributed by atoms with Gasteiger partial charge in [-0.2, -0.15) is 5.10 Å². The lowest BCUT2D eigenvalue weighted by Gasteiger charge is -2.00. The van der Waals surface area contributed by atoms with Crippen LogP contribution in [0.25, 0.3) is 10.9 Å². The summed E-state index contributed by atoms with van der Waals surface area (Å²) < 4.78 is 2.06. The second kappa shape index (κ2) is 6.37. The van der Waals surface area contributed by atoms with Crippen LogP contribution in [0.2, 0.25) is 0 Å². The van der Waals surface area contributed by atoms with Crippen LogP contribution in [0.3, 0.4) is 0 Å². The third-order valence-electron chi connectivity index (χ3n) is 3.43. The lowest BCUT2D eigenvalue weighted by molar-refractivity contribution is 0.633. The molecule has 110 valence electrons. The quantitative estimate of drug-likeness (QED) is 0.710. The smallest absolute Gasteiger partial charge is 0.0898 e. The molecule has 2 heterocycles. The van der Waals surface area contributed by atoms with Gasteiger partial charge in [0.25, 0.3) is 0 Å². The Hall–Kier alpha value is -1.72. The van der Waals surface area contributed by atoms with E-state index in [2.05, 4.69) is 51.6 Å². The van der Waals surface area contributed by atoms with Crippen molar-refractivity contribution in [3.63, 3.8) is 0 Å². The highest BCUT2D eigenvalue weighted by molar-refractivity contribution is 7.09. The Kier molecular flexibility index (Phi) is 4.31. The van der Waals surface area contributed by atoms with Gasteiger partial charge in [-0.25, -0.2) is 4.98 Å². The molecule has 2 aromatic heterocycles. The molecule has 0 aliphatic carbocycles. The zero-order valence-electron chi connectivity index (χ0n) is 12.5. The molecule has 1 N–H and O–H groups in total. The summed E-state index contributed by atoms with van der Waals surface area (Å²) in [6, 6.07) is 8.42. The van der Waals surface area contributed by atoms with Crippen molar-refractivity contribution in [1.82, 2.24) is 20.1 Å². The number of rotatable bonds is 6. The van der Waals surface area contributed by atoms with Gasteiger partial charge in [0.05, 0.1) is 28.5 Å². The summed E-state index contributed by atoms with van der Waals surface area (Å²) in [4.78, 5) is 4.54. The number of thiazole rings is 1. The van der Waals surface area contributed by atoms with Crippen molar-refractivity contribution in [2.75, 3.05) is 6.54 Å². The molecule has 3 rings (SSSR count). The van der Waals surface area contributed by atoms with E-state index >= 15 is 0 Å². The molecule has 0 saturated heterocycles. The van der Waals surface area contributed by atoms with Crippen molar-refractivity contribution in [1.29, 1.82) is 0 Å². The molecular weight excluding hydrogens is 280 g/mol. The molecule has 0 aliphatic rings. The van der Waals surface area contributed by atoms with Gasteiger partial charge in [-0.3, -0.25) is 4.68 Å². The van der Waals surface area contributed by atoms with Gasteiger partial charge in [-0.05, 0) is 26.0 Å². The molecule has 0 unspecified atom stereocenters. The van der Waals surface area contributed by atoms with E-state index in [9.17, 15) is 0 Å². The predicted octanol–water partition coefficient (Wildman–Crippen LogP) is 3.35. The molecule has 0 saturated carbocycles. The second-order valence-corrected chi connectivity index (χ2v) is 6.22. The van der Waals surface area contributed by atoms with Gasteiger partial charge in [0.2, 0.25) is 0 Å². The molecular formula is C16H20N4S. The SMILES string of the molecule is CCCNCc1nn(Cc2csc(C)n2)c2ccccc12. The number of para-hydroxylation sites is 1. The Morgan fingerprint density at radius 2 is 2.14 bits per heavy atom. The van der Waals surface area contributed by atoms with E-state index in [0.29, 0.717) is 0 Å². The van der Waals surface area contributed by atoms with Crippen LogP contribution in [-0.2, 0) is 13.1 Å². The lowest BCUT2D eigenvalue weighted by Crippen LogP contribution is -2.14. The van der Waals surface area contributed by atoms with Gasteiger partial charge >= 0.3 is 0 Å². The second-order valence-electron chi connectivity index (χ2n) is 5.16. The van der Waals surface area contributed by atoms with Crippen molar-refractivity contribution >= 4 is 22.2 Å². The first kappa shape index (κ1) is 14.2. The van der Waals surface area contributed by atoms with Gasteiger partial charge in [0, 0.05) is 17.3 Å². The van der Waals surface area contributed by atoms with Crippen LogP contribution in [0.15, 0.2) is 29.6 Å². The topological polar surface area (TPSA) is 42.7 Å². The summed E-state index contributed by atoms with van der Waals surface area (Å²) in [5.74, 6) is 0. The molecule has 3 aromatic rings. The Bertz CT molecular complexity index is 729. The monoisotopic (exact) mass is 300 g/mol. The normalized spacial score (nSPS) is 11.3. The van der Waals surface area contributed by atoms with Gasteiger partial charge in [0.1, 0.15) is 0 Å². The fraction of sp³-hybridized carbons (Fsp3) is 0.375. The number of fused-ring (bicyclic) bond motifs is 1. The minimum atomic E-state index is 0.735. The fourth-order valence-corrected chi connectivity index (χ4v) is 3.07. The summed E-state index contributed by atoms with van der Waals surface area (Å²) in [5, 5.41) is 12.7. The van der Waals surface area contributed by atoms with Crippen LogP contribution in [-0.4, -0.2) is 21.3 Å². The Balaban J connectivity index is 1.90. The lowest BCUT2D eigenvalue weighted by atomic mass is 10.2. The zero-order valence-corrected chi connectivity index (χ0v) is 13.3. The van der Waals surface area contributed by atoms with E-state index in [1.165, 1.54) is 10.9 Å². The average Bonchev–Trinajstić information content (AvgIpc) is 3.05. The molecule has 0 bridgehead atoms. The van der Waals surface area contributed by atoms with E-state index in [1.807, 2.05) is 6.92 Å². The largest absolute Gasteiger partial charge is 0.311 e. The number of hydrogen-bond acceptors (Lipinski definition) is 4. The van der Waals surface area contributed by atoms with Crippen LogP contribution < -0.4 is 5.32 Å². The first-order valence-electron chi connectivity index (χ1n) is 7.34. The van der Waals surface area contributed by atoms with Crippen molar-refractivity contribution in [2.45, 2.75) is 33.4 Å². The van der Waals surface area contributed by atoms with Crippen LogP contribution in [0.5, 0.6) is 0 Å². The summed E-state index contributed by atoms with van der Waals surface area (Å²) in [6.45, 7) is 6.78. The molecule has 1 aromatic carbocycles. The Morgan fingerprint density at radius 1 is 1.29 bits per heavy atom. The molecule has 5 heteroatoms. The molecule has 0 amide bonds. The van der Waals surface area contributed by atoms with E-state index in [-0.39, 0.29) is 0 Å². The standard InChI is InChI=1S/C16H20N4S/c1-3-8-17-9-15-14-6-4-5-7-16(14)20(19-15)10-13-11-21-12(2)18-13/h4-7,11,17H,3,8-10H2,1-2H3. The third-order valence-corrected chi connectivity index (χ3v) is 4.25. The third kappa shape index (κ3) is 3.14. The number of aryl methyl sites for hydroxylation is 1. The first-order valence-corrected chi connectivity index (χ1v) is 8.22. The van der Waals surface area contributed by atoms with Crippen LogP contribution in [0.1, 0.15) is 29.7 Å². The highest BCUT2D eigenvalue weighted by atomic mass is 32.1. The minimum Gasteiger partial charge on any atom is -0.311 e. The van der Waals surface area contributed by atoms with Crippen LogP contribution >= 0.6 is 11.3 Å². The highest BCUT2D eigenvalue weighted by Crippen LogP contribution is 2.20. The van der Waals surface area contributed by atoms with Gasteiger partial charge < -0.3 is 5.32 Å². The van der Waals surface area contributed by atoms with E-state index in [4.69, 9.17) is 5.10 Å². The minimum absolute atomic E-state index is 0.735. The number of hydrogen-bond donors (Lipinski definition) is 1. The molecule has 0 aliphatic heterocycles. The maximum absolute atomic E-state index is 4.78. The average molecular weight is 300 g/mol. The number of nitrogens with one attached hydrogen (secondary N) is 1.